The zero-order chi connectivity index (χ0) is 20.1. The Hall–Kier alpha value is -2.53. The van der Waals surface area contributed by atoms with Crippen molar-refractivity contribution in [2.75, 3.05) is 5.32 Å². The molecule has 0 spiro atoms. The normalized spacial score (nSPS) is 11.0. The molecule has 1 amide bonds. The van der Waals surface area contributed by atoms with E-state index in [9.17, 15) is 14.7 Å². The third-order valence-corrected chi connectivity index (χ3v) is 6.14. The molecule has 4 nitrogen and oxygen atoms in total. The maximum absolute atomic E-state index is 11.9. The Morgan fingerprint density at radius 1 is 0.926 bits per heavy atom. The van der Waals surface area contributed by atoms with Gasteiger partial charge >= 0.3 is 0 Å². The van der Waals surface area contributed by atoms with Crippen LogP contribution in [0.25, 0.3) is 0 Å². The van der Waals surface area contributed by atoms with Gasteiger partial charge < -0.3 is 15.2 Å². The van der Waals surface area contributed by atoms with Gasteiger partial charge in [0, 0.05) is 16.7 Å². The highest BCUT2D eigenvalue weighted by atomic mass is 32.2. The molecule has 0 saturated heterocycles. The number of nitrogens with one attached hydrogen (secondary N) is 1. The summed E-state index contributed by atoms with van der Waals surface area (Å²) in [6, 6.07) is 7.50. The van der Waals surface area contributed by atoms with Crippen LogP contribution >= 0.6 is 11.8 Å². The summed E-state index contributed by atoms with van der Waals surface area (Å²) in [4.78, 5) is 23.3. The molecule has 0 heterocycles. The van der Waals surface area contributed by atoms with E-state index in [2.05, 4.69) is 39.9 Å². The lowest BCUT2D eigenvalue weighted by molar-refractivity contribution is -0.297. The number of carboxylic acids is 1. The van der Waals surface area contributed by atoms with Crippen molar-refractivity contribution in [3.63, 3.8) is 0 Å². The van der Waals surface area contributed by atoms with E-state index in [0.717, 1.165) is 22.8 Å². The number of carbonyl (C=O) groups excluding carboxylic acids is 2. The summed E-state index contributed by atoms with van der Waals surface area (Å²) in [5.74, 6) is -1.10. The van der Waals surface area contributed by atoms with E-state index in [1.54, 1.807) is 17.8 Å². The lowest BCUT2D eigenvalue weighted by Crippen LogP contribution is -2.20. The van der Waals surface area contributed by atoms with Crippen molar-refractivity contribution < 1.29 is 14.7 Å². The first-order valence-electron chi connectivity index (χ1n) is 8.70. The monoisotopic (exact) mass is 382 g/mol. The second kappa shape index (κ2) is 8.91. The van der Waals surface area contributed by atoms with Gasteiger partial charge in [-0.3, -0.25) is 4.79 Å². The summed E-state index contributed by atoms with van der Waals surface area (Å²) in [6.07, 6.45) is 1.67. The number of para-hydroxylation sites is 1. The Kier molecular flexibility index (Phi) is 6.86. The number of aliphatic carboxylic acids is 1. The molecule has 0 fully saturated rings. The van der Waals surface area contributed by atoms with Crippen LogP contribution in [-0.4, -0.2) is 11.9 Å². The molecule has 27 heavy (non-hydrogen) atoms. The number of carboxylic acid groups (broad SMARTS) is 1. The SMILES string of the molecule is Cc1c(C)c(C)c(CSc2ccccc2NC(=O)C=CC(=O)[O-])c(C)c1C. The van der Waals surface area contributed by atoms with Gasteiger partial charge in [0.05, 0.1) is 11.7 Å². The van der Waals surface area contributed by atoms with Crippen LogP contribution in [-0.2, 0) is 15.3 Å². The number of hydrogen-bond acceptors (Lipinski definition) is 4. The molecule has 0 atom stereocenters. The molecule has 2 aromatic rings. The van der Waals surface area contributed by atoms with E-state index in [-0.39, 0.29) is 0 Å². The van der Waals surface area contributed by atoms with E-state index in [1.807, 2.05) is 18.2 Å². The smallest absolute Gasteiger partial charge is 0.248 e. The fourth-order valence-corrected chi connectivity index (χ4v) is 4.14. The summed E-state index contributed by atoms with van der Waals surface area (Å²) >= 11 is 1.65. The first-order valence-corrected chi connectivity index (χ1v) is 9.68. The van der Waals surface area contributed by atoms with Crippen molar-refractivity contribution in [1.82, 2.24) is 0 Å². The number of anilines is 1. The first-order chi connectivity index (χ1) is 12.7. The average Bonchev–Trinajstić information content (AvgIpc) is 2.64. The lowest BCUT2D eigenvalue weighted by atomic mass is 9.90. The number of rotatable bonds is 6. The highest BCUT2D eigenvalue weighted by Gasteiger charge is 2.13. The molecule has 0 bridgehead atoms. The van der Waals surface area contributed by atoms with Crippen molar-refractivity contribution >= 4 is 29.3 Å². The molecule has 0 radical (unpaired) electrons. The van der Waals surface area contributed by atoms with Crippen LogP contribution in [0.15, 0.2) is 41.3 Å². The van der Waals surface area contributed by atoms with Gasteiger partial charge in [-0.1, -0.05) is 12.1 Å². The first kappa shape index (κ1) is 20.8. The van der Waals surface area contributed by atoms with E-state index in [4.69, 9.17) is 0 Å². The summed E-state index contributed by atoms with van der Waals surface area (Å²) < 4.78 is 0. The highest BCUT2D eigenvalue weighted by Crippen LogP contribution is 2.34. The Morgan fingerprint density at radius 3 is 2.07 bits per heavy atom. The van der Waals surface area contributed by atoms with Gasteiger partial charge in [-0.25, -0.2) is 0 Å². The van der Waals surface area contributed by atoms with Crippen LogP contribution < -0.4 is 10.4 Å². The van der Waals surface area contributed by atoms with Gasteiger partial charge in [0.2, 0.25) is 5.91 Å². The second-order valence-corrected chi connectivity index (χ2v) is 7.55. The van der Waals surface area contributed by atoms with Gasteiger partial charge in [-0.05, 0) is 86.2 Å². The summed E-state index contributed by atoms with van der Waals surface area (Å²) in [5.41, 5.74) is 8.57. The predicted octanol–water partition coefficient (Wildman–Crippen LogP) is 3.77. The Balaban J connectivity index is 2.23. The Labute approximate surface area is 164 Å². The number of thioether (sulfide) groups is 1. The Bertz CT molecular complexity index is 887. The van der Waals surface area contributed by atoms with E-state index in [1.165, 1.54) is 33.4 Å². The van der Waals surface area contributed by atoms with Crippen LogP contribution in [0.4, 0.5) is 5.69 Å². The van der Waals surface area contributed by atoms with Gasteiger partial charge in [0.25, 0.3) is 0 Å². The van der Waals surface area contributed by atoms with E-state index < -0.39 is 11.9 Å². The van der Waals surface area contributed by atoms with Crippen molar-refractivity contribution in [1.29, 1.82) is 0 Å². The molecule has 5 heteroatoms. The summed E-state index contributed by atoms with van der Waals surface area (Å²) in [5, 5.41) is 13.2. The molecule has 1 N–H and O–H groups in total. The molecule has 0 aliphatic carbocycles. The molecule has 0 saturated carbocycles. The third-order valence-electron chi connectivity index (χ3n) is 5.04. The number of carbonyl (C=O) groups is 2. The minimum Gasteiger partial charge on any atom is -0.545 e. The molecule has 0 unspecified atom stereocenters. The minimum absolute atomic E-state index is 0.498. The molecule has 0 aliphatic heterocycles. The molecule has 0 aliphatic rings. The van der Waals surface area contributed by atoms with Crippen LogP contribution in [0, 0.1) is 34.6 Å². The van der Waals surface area contributed by atoms with Crippen molar-refractivity contribution in [2.24, 2.45) is 0 Å². The van der Waals surface area contributed by atoms with Crippen molar-refractivity contribution in [3.8, 4) is 0 Å². The summed E-state index contributed by atoms with van der Waals surface area (Å²) in [6.45, 7) is 10.8. The average molecular weight is 383 g/mol. The molecular formula is C22H24NO3S-. The largest absolute Gasteiger partial charge is 0.545 e. The van der Waals surface area contributed by atoms with Crippen LogP contribution in [0.2, 0.25) is 0 Å². The van der Waals surface area contributed by atoms with Crippen molar-refractivity contribution in [3.05, 3.63) is 69.8 Å². The van der Waals surface area contributed by atoms with Crippen molar-refractivity contribution in [2.45, 2.75) is 45.3 Å². The van der Waals surface area contributed by atoms with Crippen LogP contribution in [0.5, 0.6) is 0 Å². The van der Waals surface area contributed by atoms with E-state index >= 15 is 0 Å². The fraction of sp³-hybridized carbons (Fsp3) is 0.273. The molecule has 142 valence electrons. The molecular weight excluding hydrogens is 358 g/mol. The van der Waals surface area contributed by atoms with Gasteiger partial charge in [-0.15, -0.1) is 11.8 Å². The van der Waals surface area contributed by atoms with Gasteiger partial charge in [-0.2, -0.15) is 0 Å². The van der Waals surface area contributed by atoms with Gasteiger partial charge in [0.1, 0.15) is 0 Å². The zero-order valence-electron chi connectivity index (χ0n) is 16.3. The standard InChI is InChI=1S/C22H25NO3S/c1-13-14(2)16(4)18(17(5)15(13)3)12-27-20-9-7-6-8-19(20)23-21(24)10-11-22(25)26/h6-11H,12H2,1-5H3,(H,23,24)(H,25,26)/p-1. The molecule has 0 aromatic heterocycles. The highest BCUT2D eigenvalue weighted by molar-refractivity contribution is 7.98. The number of benzene rings is 2. The maximum Gasteiger partial charge on any atom is 0.248 e. The second-order valence-electron chi connectivity index (χ2n) is 6.53. The van der Waals surface area contributed by atoms with E-state index in [0.29, 0.717) is 5.69 Å². The number of amides is 1. The Morgan fingerprint density at radius 2 is 1.48 bits per heavy atom. The molecule has 2 rings (SSSR count). The number of hydrogen-bond donors (Lipinski definition) is 1. The van der Waals surface area contributed by atoms with Crippen LogP contribution in [0.3, 0.4) is 0 Å². The third kappa shape index (κ3) is 5.01. The predicted molar refractivity (Wildman–Crippen MR) is 109 cm³/mol. The fourth-order valence-electron chi connectivity index (χ4n) is 2.96. The minimum atomic E-state index is -1.40. The topological polar surface area (TPSA) is 69.2 Å². The van der Waals surface area contributed by atoms with Gasteiger partial charge in [0.15, 0.2) is 0 Å². The van der Waals surface area contributed by atoms with Crippen LogP contribution in [0.1, 0.15) is 33.4 Å². The lowest BCUT2D eigenvalue weighted by Gasteiger charge is -2.19. The zero-order valence-corrected chi connectivity index (χ0v) is 17.1. The summed E-state index contributed by atoms with van der Waals surface area (Å²) in [7, 11) is 0. The quantitative estimate of drug-likeness (QED) is 0.610. The maximum atomic E-state index is 11.9. The molecule has 2 aromatic carbocycles.